The molecule has 1 unspecified atom stereocenters. The van der Waals surface area contributed by atoms with Gasteiger partial charge in [-0.05, 0) is 57.0 Å². The monoisotopic (exact) mass is 414 g/mol. The molecule has 0 aromatic heterocycles. The molecule has 3 amide bonds. The zero-order valence-electron chi connectivity index (χ0n) is 18.2. The Labute approximate surface area is 179 Å². The lowest BCUT2D eigenvalue weighted by Gasteiger charge is -2.40. The van der Waals surface area contributed by atoms with Gasteiger partial charge in [0, 0.05) is 57.3 Å². The highest BCUT2D eigenvalue weighted by molar-refractivity contribution is 5.97. The van der Waals surface area contributed by atoms with Crippen molar-refractivity contribution < 1.29 is 14.4 Å². The van der Waals surface area contributed by atoms with Gasteiger partial charge < -0.3 is 20.0 Å². The smallest absolute Gasteiger partial charge is 0.253 e. The van der Waals surface area contributed by atoms with Crippen LogP contribution in [0.5, 0.6) is 0 Å². The molecule has 1 aromatic carbocycles. The molecule has 30 heavy (non-hydrogen) atoms. The van der Waals surface area contributed by atoms with Gasteiger partial charge in [0.2, 0.25) is 11.8 Å². The summed E-state index contributed by atoms with van der Waals surface area (Å²) < 4.78 is 0. The zero-order valence-corrected chi connectivity index (χ0v) is 18.2. The minimum Gasteiger partial charge on any atom is -0.337 e. The molecule has 0 saturated carbocycles. The third-order valence-electron chi connectivity index (χ3n) is 6.06. The van der Waals surface area contributed by atoms with Crippen molar-refractivity contribution in [2.75, 3.05) is 44.6 Å². The van der Waals surface area contributed by atoms with Crippen LogP contribution in [0.15, 0.2) is 24.3 Å². The number of anilines is 1. The van der Waals surface area contributed by atoms with Crippen LogP contribution in [0.2, 0.25) is 0 Å². The first kappa shape index (κ1) is 22.3. The summed E-state index contributed by atoms with van der Waals surface area (Å²) in [6, 6.07) is 7.10. The zero-order chi connectivity index (χ0) is 21.5. The summed E-state index contributed by atoms with van der Waals surface area (Å²) in [5, 5.41) is 2.73. The number of rotatable bonds is 6. The molecule has 2 saturated heterocycles. The van der Waals surface area contributed by atoms with Crippen molar-refractivity contribution in [1.29, 1.82) is 0 Å². The second kappa shape index (κ2) is 10.6. The Morgan fingerprint density at radius 1 is 1.07 bits per heavy atom. The average molecular weight is 415 g/mol. The number of hydrogen-bond donors (Lipinski definition) is 1. The first-order valence-electron chi connectivity index (χ1n) is 11.1. The Kier molecular flexibility index (Phi) is 7.85. The van der Waals surface area contributed by atoms with Crippen LogP contribution in [0.25, 0.3) is 0 Å². The van der Waals surface area contributed by atoms with Crippen LogP contribution < -0.4 is 5.32 Å². The predicted molar refractivity (Wildman–Crippen MR) is 117 cm³/mol. The van der Waals surface area contributed by atoms with Crippen LogP contribution in [0.3, 0.4) is 0 Å². The minimum atomic E-state index is -0.163. The standard InChI is InChI=1S/C23H34N4O3/c1-18(28)24-21-9-6-8-20(16-21)23(30)26-13-7-10-22(17-26)27(19(2)29)15-14-25-11-4-3-5-12-25/h6,8-9,16,22H,3-5,7,10-15,17H2,1-2H3,(H,24,28). The number of piperidine rings is 2. The van der Waals surface area contributed by atoms with E-state index in [2.05, 4.69) is 10.2 Å². The lowest BCUT2D eigenvalue weighted by Crippen LogP contribution is -2.53. The van der Waals surface area contributed by atoms with E-state index in [4.69, 9.17) is 0 Å². The van der Waals surface area contributed by atoms with Crippen molar-refractivity contribution in [3.8, 4) is 0 Å². The molecule has 7 heteroatoms. The van der Waals surface area contributed by atoms with Crippen LogP contribution in [0.1, 0.15) is 56.3 Å². The van der Waals surface area contributed by atoms with Crippen molar-refractivity contribution in [3.05, 3.63) is 29.8 Å². The SMILES string of the molecule is CC(=O)Nc1cccc(C(=O)N2CCCC(N(CCN3CCCCC3)C(C)=O)C2)c1. The quantitative estimate of drug-likeness (QED) is 0.777. The van der Waals surface area contributed by atoms with E-state index in [1.54, 1.807) is 31.2 Å². The fourth-order valence-corrected chi connectivity index (χ4v) is 4.54. The number of hydrogen-bond acceptors (Lipinski definition) is 4. The van der Waals surface area contributed by atoms with Crippen molar-refractivity contribution in [3.63, 3.8) is 0 Å². The second-order valence-electron chi connectivity index (χ2n) is 8.42. The summed E-state index contributed by atoms with van der Waals surface area (Å²) in [5.41, 5.74) is 1.18. The van der Waals surface area contributed by atoms with E-state index in [1.807, 2.05) is 9.80 Å². The third kappa shape index (κ3) is 6.05. The van der Waals surface area contributed by atoms with Gasteiger partial charge in [0.1, 0.15) is 0 Å². The van der Waals surface area contributed by atoms with Gasteiger partial charge in [-0.25, -0.2) is 0 Å². The third-order valence-corrected chi connectivity index (χ3v) is 6.06. The molecule has 0 spiro atoms. The van der Waals surface area contributed by atoms with Gasteiger partial charge in [-0.15, -0.1) is 0 Å². The van der Waals surface area contributed by atoms with Gasteiger partial charge in [-0.2, -0.15) is 0 Å². The fourth-order valence-electron chi connectivity index (χ4n) is 4.54. The molecular formula is C23H34N4O3. The topological polar surface area (TPSA) is 73.0 Å². The summed E-state index contributed by atoms with van der Waals surface area (Å²) in [6.07, 6.45) is 5.59. The molecule has 2 heterocycles. The van der Waals surface area contributed by atoms with Gasteiger partial charge in [0.25, 0.3) is 5.91 Å². The average Bonchev–Trinajstić information content (AvgIpc) is 2.74. The van der Waals surface area contributed by atoms with E-state index in [0.717, 1.165) is 39.0 Å². The van der Waals surface area contributed by atoms with E-state index in [9.17, 15) is 14.4 Å². The lowest BCUT2D eigenvalue weighted by molar-refractivity contribution is -0.132. The van der Waals surface area contributed by atoms with Crippen molar-refractivity contribution in [2.45, 2.75) is 52.0 Å². The van der Waals surface area contributed by atoms with Gasteiger partial charge >= 0.3 is 0 Å². The Bertz CT molecular complexity index is 761. The van der Waals surface area contributed by atoms with Crippen LogP contribution >= 0.6 is 0 Å². The van der Waals surface area contributed by atoms with Gasteiger partial charge in [0.05, 0.1) is 0 Å². The van der Waals surface area contributed by atoms with E-state index >= 15 is 0 Å². The van der Waals surface area contributed by atoms with Crippen molar-refractivity contribution in [2.24, 2.45) is 0 Å². The van der Waals surface area contributed by atoms with Crippen LogP contribution in [-0.4, -0.2) is 77.7 Å². The maximum Gasteiger partial charge on any atom is 0.253 e. The first-order valence-corrected chi connectivity index (χ1v) is 11.1. The van der Waals surface area contributed by atoms with Gasteiger partial charge in [0.15, 0.2) is 0 Å². The predicted octanol–water partition coefficient (Wildman–Crippen LogP) is 2.58. The molecule has 2 aliphatic heterocycles. The summed E-state index contributed by atoms with van der Waals surface area (Å²) in [7, 11) is 0. The molecule has 164 valence electrons. The number of carbonyl (C=O) groups excluding carboxylic acids is 3. The Morgan fingerprint density at radius 3 is 2.53 bits per heavy atom. The van der Waals surface area contributed by atoms with E-state index in [1.165, 1.54) is 26.2 Å². The lowest BCUT2D eigenvalue weighted by atomic mass is 10.0. The molecule has 0 radical (unpaired) electrons. The summed E-state index contributed by atoms with van der Waals surface area (Å²) >= 11 is 0. The van der Waals surface area contributed by atoms with Gasteiger partial charge in [-0.1, -0.05) is 12.5 Å². The minimum absolute atomic E-state index is 0.0496. The number of nitrogens with one attached hydrogen (secondary N) is 1. The Balaban J connectivity index is 1.63. The molecule has 1 aromatic rings. The highest BCUT2D eigenvalue weighted by Crippen LogP contribution is 2.20. The van der Waals surface area contributed by atoms with Crippen molar-refractivity contribution in [1.82, 2.24) is 14.7 Å². The fraction of sp³-hybridized carbons (Fsp3) is 0.609. The molecule has 3 rings (SSSR count). The molecular weight excluding hydrogens is 380 g/mol. The maximum atomic E-state index is 13.1. The Hall–Kier alpha value is -2.41. The molecule has 0 bridgehead atoms. The normalized spacial score (nSPS) is 19.9. The van der Waals surface area contributed by atoms with E-state index in [-0.39, 0.29) is 23.8 Å². The van der Waals surface area contributed by atoms with E-state index in [0.29, 0.717) is 24.3 Å². The number of likely N-dealkylation sites (tertiary alicyclic amines) is 2. The Morgan fingerprint density at radius 2 is 1.83 bits per heavy atom. The first-order chi connectivity index (χ1) is 14.4. The second-order valence-corrected chi connectivity index (χ2v) is 8.42. The van der Waals surface area contributed by atoms with Crippen LogP contribution in [0.4, 0.5) is 5.69 Å². The van der Waals surface area contributed by atoms with Crippen molar-refractivity contribution >= 4 is 23.4 Å². The molecule has 1 N–H and O–H groups in total. The number of benzene rings is 1. The number of carbonyl (C=O) groups is 3. The van der Waals surface area contributed by atoms with E-state index < -0.39 is 0 Å². The summed E-state index contributed by atoms with van der Waals surface area (Å²) in [4.78, 5) is 43.0. The number of amides is 3. The van der Waals surface area contributed by atoms with Crippen LogP contribution in [-0.2, 0) is 9.59 Å². The molecule has 7 nitrogen and oxygen atoms in total. The molecule has 1 atom stereocenters. The molecule has 2 fully saturated rings. The highest BCUT2D eigenvalue weighted by Gasteiger charge is 2.30. The largest absolute Gasteiger partial charge is 0.337 e. The molecule has 0 aliphatic carbocycles. The highest BCUT2D eigenvalue weighted by atomic mass is 16.2. The maximum absolute atomic E-state index is 13.1. The van der Waals surface area contributed by atoms with Crippen LogP contribution in [0, 0.1) is 0 Å². The molecule has 2 aliphatic rings. The number of nitrogens with zero attached hydrogens (tertiary/aromatic N) is 3. The summed E-state index contributed by atoms with van der Waals surface area (Å²) in [5.74, 6) is -0.131. The van der Waals surface area contributed by atoms with Gasteiger partial charge in [-0.3, -0.25) is 14.4 Å². The summed E-state index contributed by atoms with van der Waals surface area (Å²) in [6.45, 7) is 8.19.